The average molecular weight is 486 g/mol. The molecule has 1 fully saturated rings. The van der Waals surface area contributed by atoms with Crippen molar-refractivity contribution in [1.29, 1.82) is 0 Å². The van der Waals surface area contributed by atoms with Crippen LogP contribution in [0.15, 0.2) is 47.1 Å². The fraction of sp³-hybridized carbons (Fsp3) is 0.370. The minimum Gasteiger partial charge on any atom is -0.493 e. The molecule has 1 aliphatic heterocycles. The Morgan fingerprint density at radius 3 is 2.55 bits per heavy atom. The van der Waals surface area contributed by atoms with E-state index in [1.54, 1.807) is 18.4 Å². The molecule has 0 saturated carbocycles. The number of halogens is 2. The van der Waals surface area contributed by atoms with Gasteiger partial charge in [0.1, 0.15) is 11.3 Å². The van der Waals surface area contributed by atoms with Crippen LogP contribution in [0, 0.1) is 11.8 Å². The van der Waals surface area contributed by atoms with Crippen LogP contribution in [-0.2, 0) is 4.79 Å². The molecule has 6 heteroatoms. The first-order valence-corrected chi connectivity index (χ1v) is 12.1. The van der Waals surface area contributed by atoms with Gasteiger partial charge in [-0.1, -0.05) is 43.1 Å². The first kappa shape index (κ1) is 23.7. The van der Waals surface area contributed by atoms with Crippen molar-refractivity contribution in [2.45, 2.75) is 34.1 Å². The Morgan fingerprint density at radius 1 is 1.15 bits per heavy atom. The second-order valence-electron chi connectivity index (χ2n) is 9.07. The molecule has 4 nitrogen and oxygen atoms in total. The van der Waals surface area contributed by atoms with Gasteiger partial charge < -0.3 is 14.1 Å². The Bertz CT molecular complexity index is 1200. The minimum absolute atomic E-state index is 0.0432. The maximum absolute atomic E-state index is 13.1. The monoisotopic (exact) mass is 485 g/mol. The summed E-state index contributed by atoms with van der Waals surface area (Å²) in [5, 5.41) is 2.03. The summed E-state index contributed by atoms with van der Waals surface area (Å²) in [5.74, 6) is 1.76. The molecule has 0 radical (unpaired) electrons. The van der Waals surface area contributed by atoms with Gasteiger partial charge in [0.05, 0.1) is 17.9 Å². The van der Waals surface area contributed by atoms with Gasteiger partial charge in [-0.25, -0.2) is 0 Å². The molecule has 0 aliphatic carbocycles. The van der Waals surface area contributed by atoms with Crippen molar-refractivity contribution in [1.82, 2.24) is 4.90 Å². The number of carbonyl (C=O) groups is 1. The molecule has 174 valence electrons. The lowest BCUT2D eigenvalue weighted by atomic mass is 9.91. The third-order valence-electron chi connectivity index (χ3n) is 6.14. The van der Waals surface area contributed by atoms with Crippen LogP contribution in [0.4, 0.5) is 0 Å². The lowest BCUT2D eigenvalue weighted by molar-refractivity contribution is -0.128. The molecule has 33 heavy (non-hydrogen) atoms. The molecular formula is C27H29Cl2NO3. The van der Waals surface area contributed by atoms with Crippen LogP contribution < -0.4 is 4.74 Å². The fourth-order valence-electron chi connectivity index (χ4n) is 4.75. The second-order valence-corrected chi connectivity index (χ2v) is 9.91. The number of benzene rings is 2. The molecule has 1 aromatic heterocycles. The predicted octanol–water partition coefficient (Wildman–Crippen LogP) is 7.71. The Labute approximate surface area is 205 Å². The molecule has 1 saturated heterocycles. The van der Waals surface area contributed by atoms with E-state index >= 15 is 0 Å². The van der Waals surface area contributed by atoms with Crippen molar-refractivity contribution >= 4 is 45.7 Å². The highest BCUT2D eigenvalue weighted by molar-refractivity contribution is 6.36. The van der Waals surface area contributed by atoms with Crippen molar-refractivity contribution < 1.29 is 13.9 Å². The molecule has 0 N–H and O–H groups in total. The summed E-state index contributed by atoms with van der Waals surface area (Å²) in [6.45, 7) is 10.4. The molecule has 1 amide bonds. The van der Waals surface area contributed by atoms with E-state index in [1.165, 1.54) is 0 Å². The van der Waals surface area contributed by atoms with Crippen LogP contribution in [0.2, 0.25) is 10.0 Å². The van der Waals surface area contributed by atoms with Crippen LogP contribution in [0.5, 0.6) is 5.75 Å². The number of nitrogens with zero attached hydrogens (tertiary/aromatic N) is 1. The zero-order valence-corrected chi connectivity index (χ0v) is 21.0. The summed E-state index contributed by atoms with van der Waals surface area (Å²) in [7, 11) is 0. The normalized spacial score (nSPS) is 19.2. The number of likely N-dealkylation sites (tertiary alicyclic amines) is 1. The van der Waals surface area contributed by atoms with E-state index in [4.69, 9.17) is 32.4 Å². The minimum atomic E-state index is 0.0432. The Kier molecular flexibility index (Phi) is 7.06. The van der Waals surface area contributed by atoms with Gasteiger partial charge >= 0.3 is 0 Å². The van der Waals surface area contributed by atoms with E-state index in [0.29, 0.717) is 39.8 Å². The van der Waals surface area contributed by atoms with E-state index in [1.807, 2.05) is 43.0 Å². The first-order chi connectivity index (χ1) is 15.8. The number of rotatable bonds is 5. The van der Waals surface area contributed by atoms with Gasteiger partial charge in [0, 0.05) is 52.3 Å². The van der Waals surface area contributed by atoms with Gasteiger partial charge in [-0.05, 0) is 55.9 Å². The van der Waals surface area contributed by atoms with E-state index in [-0.39, 0.29) is 5.91 Å². The number of fused-ring (bicyclic) bond motifs is 1. The SMILES string of the molecule is CCOc1cc2occ(-c3ccc(Cl)cc3Cl)c2cc1/C(C)=C/C(=O)N1CC(C)CC(C)C1. The standard InChI is InChI=1S/C27H29Cl2NO3/c1-5-32-25-12-26-22(23(15-33-26)20-7-6-19(28)10-24(20)29)11-21(25)18(4)9-27(31)30-13-16(2)8-17(3)14-30/h6-7,9-12,15-17H,5,8,13-14H2,1-4H3/b18-9+. The van der Waals surface area contributed by atoms with Crippen LogP contribution in [0.3, 0.4) is 0 Å². The van der Waals surface area contributed by atoms with Crippen LogP contribution in [-0.4, -0.2) is 30.5 Å². The Balaban J connectivity index is 1.76. The molecule has 0 bridgehead atoms. The molecule has 2 aromatic carbocycles. The smallest absolute Gasteiger partial charge is 0.246 e. The largest absolute Gasteiger partial charge is 0.493 e. The number of ether oxygens (including phenoxy) is 1. The Hall–Kier alpha value is -2.43. The quantitative estimate of drug-likeness (QED) is 0.347. The number of amides is 1. The highest BCUT2D eigenvalue weighted by Gasteiger charge is 2.25. The highest BCUT2D eigenvalue weighted by atomic mass is 35.5. The molecule has 2 unspecified atom stereocenters. The van der Waals surface area contributed by atoms with E-state index in [9.17, 15) is 4.79 Å². The molecule has 1 aliphatic rings. The summed E-state index contributed by atoms with van der Waals surface area (Å²) >= 11 is 12.6. The fourth-order valence-corrected chi connectivity index (χ4v) is 5.26. The van der Waals surface area contributed by atoms with Crippen LogP contribution in [0.1, 0.15) is 39.7 Å². The van der Waals surface area contributed by atoms with Crippen molar-refractivity contribution in [2.24, 2.45) is 11.8 Å². The summed E-state index contributed by atoms with van der Waals surface area (Å²) in [6, 6.07) is 9.31. The number of hydrogen-bond donors (Lipinski definition) is 0. The van der Waals surface area contributed by atoms with Gasteiger partial charge in [-0.2, -0.15) is 0 Å². The van der Waals surface area contributed by atoms with Gasteiger partial charge in [-0.3, -0.25) is 4.79 Å². The average Bonchev–Trinajstić information content (AvgIpc) is 3.15. The summed E-state index contributed by atoms with van der Waals surface area (Å²) < 4.78 is 11.8. The van der Waals surface area contributed by atoms with E-state index < -0.39 is 0 Å². The number of hydrogen-bond acceptors (Lipinski definition) is 3. The highest BCUT2D eigenvalue weighted by Crippen LogP contribution is 2.40. The third kappa shape index (κ3) is 5.07. The van der Waals surface area contributed by atoms with Crippen molar-refractivity contribution in [2.75, 3.05) is 19.7 Å². The molecule has 2 heterocycles. The predicted molar refractivity (Wildman–Crippen MR) is 136 cm³/mol. The maximum Gasteiger partial charge on any atom is 0.246 e. The Morgan fingerprint density at radius 2 is 1.88 bits per heavy atom. The lowest BCUT2D eigenvalue weighted by Gasteiger charge is -2.34. The molecular weight excluding hydrogens is 457 g/mol. The molecule has 0 spiro atoms. The summed E-state index contributed by atoms with van der Waals surface area (Å²) in [6.07, 6.45) is 4.58. The van der Waals surface area contributed by atoms with Gasteiger partial charge in [-0.15, -0.1) is 0 Å². The number of carbonyl (C=O) groups excluding carboxylic acids is 1. The lowest BCUT2D eigenvalue weighted by Crippen LogP contribution is -2.41. The molecule has 3 aromatic rings. The maximum atomic E-state index is 13.1. The molecule has 4 rings (SSSR count). The number of piperidine rings is 1. The number of allylic oxidation sites excluding steroid dienone is 1. The van der Waals surface area contributed by atoms with Crippen LogP contribution >= 0.6 is 23.2 Å². The molecule has 2 atom stereocenters. The third-order valence-corrected chi connectivity index (χ3v) is 6.69. The van der Waals surface area contributed by atoms with E-state index in [0.717, 1.165) is 47.2 Å². The van der Waals surface area contributed by atoms with Crippen molar-refractivity contribution in [3.8, 4) is 16.9 Å². The van der Waals surface area contributed by atoms with Gasteiger partial charge in [0.25, 0.3) is 0 Å². The van der Waals surface area contributed by atoms with Crippen molar-refractivity contribution in [3.05, 3.63) is 58.3 Å². The van der Waals surface area contributed by atoms with E-state index in [2.05, 4.69) is 13.8 Å². The summed E-state index contributed by atoms with van der Waals surface area (Å²) in [4.78, 5) is 15.0. The number of furan rings is 1. The zero-order chi connectivity index (χ0) is 23.7. The van der Waals surface area contributed by atoms with Crippen molar-refractivity contribution in [3.63, 3.8) is 0 Å². The van der Waals surface area contributed by atoms with Crippen LogP contribution in [0.25, 0.3) is 27.7 Å². The topological polar surface area (TPSA) is 42.7 Å². The zero-order valence-electron chi connectivity index (χ0n) is 19.5. The first-order valence-electron chi connectivity index (χ1n) is 11.4. The van der Waals surface area contributed by atoms with Gasteiger partial charge in [0.2, 0.25) is 5.91 Å². The van der Waals surface area contributed by atoms with Gasteiger partial charge in [0.15, 0.2) is 0 Å². The summed E-state index contributed by atoms with van der Waals surface area (Å²) in [5.41, 5.74) is 4.12. The second kappa shape index (κ2) is 9.82.